The van der Waals surface area contributed by atoms with Crippen molar-refractivity contribution in [3.05, 3.63) is 115 Å². The smallest absolute Gasteiger partial charge is 0.271 e. The van der Waals surface area contributed by atoms with Crippen LogP contribution in [0.3, 0.4) is 0 Å². The van der Waals surface area contributed by atoms with E-state index in [9.17, 15) is 9.59 Å². The molecule has 0 aliphatic carbocycles. The second-order valence-corrected chi connectivity index (χ2v) is 9.32. The number of hydrogen-bond donors (Lipinski definition) is 1. The number of fused-ring (bicyclic) bond motifs is 1. The molecule has 1 unspecified atom stereocenters. The molecule has 0 saturated heterocycles. The van der Waals surface area contributed by atoms with Crippen LogP contribution in [-0.4, -0.2) is 20.3 Å². The zero-order valence-corrected chi connectivity index (χ0v) is 20.5. The molecule has 2 aromatic heterocycles. The van der Waals surface area contributed by atoms with E-state index in [1.807, 2.05) is 92.2 Å². The second kappa shape index (κ2) is 9.31. The maximum atomic E-state index is 13.7. The normalized spacial score (nSPS) is 15.6. The lowest BCUT2D eigenvalue weighted by Gasteiger charge is -2.25. The Balaban J connectivity index is 1.67. The van der Waals surface area contributed by atoms with Gasteiger partial charge in [-0.1, -0.05) is 59.9 Å². The lowest BCUT2D eigenvalue weighted by Crippen LogP contribution is -2.40. The van der Waals surface area contributed by atoms with Crippen LogP contribution in [0, 0.1) is 6.92 Å². The first-order chi connectivity index (χ1) is 17.0. The van der Waals surface area contributed by atoms with Gasteiger partial charge in [0.05, 0.1) is 28.0 Å². The molecule has 0 bridgehead atoms. The van der Waals surface area contributed by atoms with Gasteiger partial charge in [-0.15, -0.1) is 0 Å². The summed E-state index contributed by atoms with van der Waals surface area (Å²) in [4.78, 5) is 32.5. The quantitative estimate of drug-likeness (QED) is 0.472. The van der Waals surface area contributed by atoms with Gasteiger partial charge in [-0.3, -0.25) is 18.8 Å². The molecule has 1 atom stereocenters. The van der Waals surface area contributed by atoms with Gasteiger partial charge in [0.2, 0.25) is 0 Å². The minimum atomic E-state index is -0.585. The van der Waals surface area contributed by atoms with E-state index in [0.29, 0.717) is 26.3 Å². The van der Waals surface area contributed by atoms with E-state index in [0.717, 1.165) is 23.4 Å². The molecule has 4 aromatic rings. The fraction of sp³-hybridized carbons (Fsp3) is 0.185. The molecule has 2 aromatic carbocycles. The molecule has 0 radical (unpaired) electrons. The van der Waals surface area contributed by atoms with Gasteiger partial charge < -0.3 is 5.32 Å². The van der Waals surface area contributed by atoms with Gasteiger partial charge in [0.1, 0.15) is 0 Å². The van der Waals surface area contributed by atoms with Gasteiger partial charge in [-0.25, -0.2) is 4.99 Å². The SMILES string of the molecule is CCn1ncc(/C=c2\sc3n(c2=O)C(c2ccccc2)C(C(=O)Nc2ccccc2)=C(C)N=3)c1C. The van der Waals surface area contributed by atoms with Gasteiger partial charge in [0.25, 0.3) is 11.5 Å². The Hall–Kier alpha value is -4.04. The Morgan fingerprint density at radius 1 is 1.09 bits per heavy atom. The number of benzene rings is 2. The highest BCUT2D eigenvalue weighted by molar-refractivity contribution is 7.07. The molecule has 0 saturated carbocycles. The number of hydrogen-bond acceptors (Lipinski definition) is 5. The average molecular weight is 484 g/mol. The number of aromatic nitrogens is 3. The fourth-order valence-corrected chi connectivity index (χ4v) is 5.38. The summed E-state index contributed by atoms with van der Waals surface area (Å²) >= 11 is 1.33. The number of nitrogens with one attached hydrogen (secondary N) is 1. The van der Waals surface area contributed by atoms with E-state index < -0.39 is 6.04 Å². The molecule has 1 amide bonds. The van der Waals surface area contributed by atoms with Gasteiger partial charge in [-0.2, -0.15) is 5.10 Å². The van der Waals surface area contributed by atoms with Crippen molar-refractivity contribution in [1.29, 1.82) is 0 Å². The monoisotopic (exact) mass is 483 g/mol. The molecular weight excluding hydrogens is 458 g/mol. The lowest BCUT2D eigenvalue weighted by molar-refractivity contribution is -0.113. The maximum absolute atomic E-state index is 13.7. The van der Waals surface area contributed by atoms with Gasteiger partial charge in [0, 0.05) is 23.5 Å². The molecule has 1 N–H and O–H groups in total. The van der Waals surface area contributed by atoms with Crippen molar-refractivity contribution in [1.82, 2.24) is 14.3 Å². The zero-order chi connectivity index (χ0) is 24.5. The topological polar surface area (TPSA) is 81.3 Å². The van der Waals surface area contributed by atoms with Crippen molar-refractivity contribution >= 4 is 29.0 Å². The van der Waals surface area contributed by atoms with Crippen LogP contribution >= 0.6 is 11.3 Å². The highest BCUT2D eigenvalue weighted by Gasteiger charge is 2.32. The number of carbonyl (C=O) groups excluding carboxylic acids is 1. The second-order valence-electron chi connectivity index (χ2n) is 8.31. The van der Waals surface area contributed by atoms with E-state index in [1.54, 1.807) is 10.8 Å². The van der Waals surface area contributed by atoms with Crippen molar-refractivity contribution in [2.24, 2.45) is 4.99 Å². The first-order valence-corrected chi connectivity index (χ1v) is 12.3. The predicted octanol–water partition coefficient (Wildman–Crippen LogP) is 3.40. The Morgan fingerprint density at radius 2 is 1.77 bits per heavy atom. The number of para-hydroxylation sites is 1. The van der Waals surface area contributed by atoms with Gasteiger partial charge in [-0.05, 0) is 44.5 Å². The molecule has 7 nitrogen and oxygen atoms in total. The van der Waals surface area contributed by atoms with Crippen molar-refractivity contribution in [3.8, 4) is 0 Å². The molecule has 0 spiro atoms. The first kappa shape index (κ1) is 22.7. The molecule has 0 fully saturated rings. The minimum absolute atomic E-state index is 0.177. The van der Waals surface area contributed by atoms with Crippen LogP contribution in [0.4, 0.5) is 5.69 Å². The molecule has 8 heteroatoms. The summed E-state index contributed by atoms with van der Waals surface area (Å²) in [5.41, 5.74) is 4.30. The number of thiazole rings is 1. The van der Waals surface area contributed by atoms with Crippen LogP contribution in [-0.2, 0) is 11.3 Å². The summed E-state index contributed by atoms with van der Waals surface area (Å²) in [6, 6.07) is 18.3. The number of rotatable bonds is 5. The van der Waals surface area contributed by atoms with Crippen LogP contribution in [0.5, 0.6) is 0 Å². The van der Waals surface area contributed by atoms with Crippen molar-refractivity contribution < 1.29 is 4.79 Å². The standard InChI is InChI=1S/C27H25N5O2S/c1-4-31-18(3)20(16-28-31)15-22-26(34)32-24(19-11-7-5-8-12-19)23(17(2)29-27(32)35-22)25(33)30-21-13-9-6-10-14-21/h5-16,24H,4H2,1-3H3,(H,30,33)/b22-15-. The predicted molar refractivity (Wildman–Crippen MR) is 138 cm³/mol. The minimum Gasteiger partial charge on any atom is -0.322 e. The van der Waals surface area contributed by atoms with E-state index in [2.05, 4.69) is 10.4 Å². The summed E-state index contributed by atoms with van der Waals surface area (Å²) in [7, 11) is 0. The highest BCUT2D eigenvalue weighted by atomic mass is 32.1. The van der Waals surface area contributed by atoms with E-state index in [-0.39, 0.29) is 11.5 Å². The Morgan fingerprint density at radius 3 is 2.43 bits per heavy atom. The molecular formula is C27H25N5O2S. The summed E-state index contributed by atoms with van der Waals surface area (Å²) in [6.45, 7) is 6.60. The van der Waals surface area contributed by atoms with E-state index in [4.69, 9.17) is 4.99 Å². The number of anilines is 1. The van der Waals surface area contributed by atoms with Crippen LogP contribution < -0.4 is 20.2 Å². The molecule has 5 rings (SSSR count). The third-order valence-electron chi connectivity index (χ3n) is 6.14. The van der Waals surface area contributed by atoms with Crippen LogP contribution in [0.1, 0.15) is 36.7 Å². The molecule has 35 heavy (non-hydrogen) atoms. The van der Waals surface area contributed by atoms with Crippen molar-refractivity contribution in [2.45, 2.75) is 33.4 Å². The average Bonchev–Trinajstić information content (AvgIpc) is 3.37. The maximum Gasteiger partial charge on any atom is 0.271 e. The molecule has 1 aliphatic heterocycles. The fourth-order valence-electron chi connectivity index (χ4n) is 4.35. The lowest BCUT2D eigenvalue weighted by atomic mass is 9.95. The molecule has 176 valence electrons. The number of carbonyl (C=O) groups is 1. The first-order valence-electron chi connectivity index (χ1n) is 11.4. The largest absolute Gasteiger partial charge is 0.322 e. The third kappa shape index (κ3) is 4.17. The Labute approximate surface area is 206 Å². The van der Waals surface area contributed by atoms with Crippen molar-refractivity contribution in [2.75, 3.05) is 5.32 Å². The molecule has 3 heterocycles. The summed E-state index contributed by atoms with van der Waals surface area (Å²) in [5, 5.41) is 7.36. The highest BCUT2D eigenvalue weighted by Crippen LogP contribution is 2.30. The van der Waals surface area contributed by atoms with Crippen LogP contribution in [0.25, 0.3) is 6.08 Å². The third-order valence-corrected chi connectivity index (χ3v) is 7.12. The number of nitrogens with zero attached hydrogens (tertiary/aromatic N) is 4. The van der Waals surface area contributed by atoms with Crippen LogP contribution in [0.2, 0.25) is 0 Å². The van der Waals surface area contributed by atoms with Crippen LogP contribution in [0.15, 0.2) is 87.9 Å². The molecule has 1 aliphatic rings. The van der Waals surface area contributed by atoms with Gasteiger partial charge >= 0.3 is 0 Å². The van der Waals surface area contributed by atoms with E-state index >= 15 is 0 Å². The summed E-state index contributed by atoms with van der Waals surface area (Å²) in [5.74, 6) is -0.277. The number of aryl methyl sites for hydroxylation is 1. The van der Waals surface area contributed by atoms with E-state index in [1.165, 1.54) is 11.3 Å². The van der Waals surface area contributed by atoms with Crippen molar-refractivity contribution in [3.63, 3.8) is 0 Å². The zero-order valence-electron chi connectivity index (χ0n) is 19.7. The Bertz CT molecular complexity index is 1610. The summed E-state index contributed by atoms with van der Waals surface area (Å²) in [6.07, 6.45) is 3.64. The Kier molecular flexibility index (Phi) is 6.05. The number of allylic oxidation sites excluding steroid dienone is 1. The number of amides is 1. The summed E-state index contributed by atoms with van der Waals surface area (Å²) < 4.78 is 4.09. The van der Waals surface area contributed by atoms with Gasteiger partial charge in [0.15, 0.2) is 4.80 Å².